The van der Waals surface area contributed by atoms with E-state index in [0.29, 0.717) is 10.2 Å². The van der Waals surface area contributed by atoms with Gasteiger partial charge in [0.2, 0.25) is 0 Å². The van der Waals surface area contributed by atoms with Gasteiger partial charge in [0.15, 0.2) is 5.69 Å². The molecule has 7 nitrogen and oxygen atoms in total. The highest BCUT2D eigenvalue weighted by Crippen LogP contribution is 2.33. The summed E-state index contributed by atoms with van der Waals surface area (Å²) < 4.78 is 39.9. The van der Waals surface area contributed by atoms with Crippen LogP contribution >= 0.6 is 0 Å². The van der Waals surface area contributed by atoms with E-state index in [-0.39, 0.29) is 11.4 Å². The zero-order valence-corrected chi connectivity index (χ0v) is 10.8. The average Bonchev–Trinajstić information content (AvgIpc) is 2.82. The van der Waals surface area contributed by atoms with E-state index in [4.69, 9.17) is 5.73 Å². The van der Waals surface area contributed by atoms with Crippen LogP contribution in [0.5, 0.6) is 0 Å². The van der Waals surface area contributed by atoms with Crippen LogP contribution in [-0.4, -0.2) is 19.9 Å². The van der Waals surface area contributed by atoms with Gasteiger partial charge in [-0.1, -0.05) is 11.3 Å². The van der Waals surface area contributed by atoms with Crippen molar-refractivity contribution >= 4 is 5.69 Å². The van der Waals surface area contributed by atoms with E-state index in [1.165, 1.54) is 19.1 Å². The van der Waals surface area contributed by atoms with Crippen LogP contribution in [0.3, 0.4) is 0 Å². The number of alkyl halides is 3. The fourth-order valence-electron chi connectivity index (χ4n) is 1.84. The molecule has 112 valence electrons. The van der Waals surface area contributed by atoms with Crippen LogP contribution in [0, 0.1) is 17.0 Å². The molecule has 0 spiro atoms. The van der Waals surface area contributed by atoms with Crippen molar-refractivity contribution in [3.8, 4) is 5.69 Å². The molecular weight excluding hydrogens is 291 g/mol. The quantitative estimate of drug-likeness (QED) is 0.690. The average molecular weight is 301 g/mol. The molecular formula is C11H10F3N5O2. The van der Waals surface area contributed by atoms with Crippen LogP contribution in [0.1, 0.15) is 17.0 Å². The predicted molar refractivity (Wildman–Crippen MR) is 65.6 cm³/mol. The van der Waals surface area contributed by atoms with Gasteiger partial charge in [0.25, 0.3) is 5.69 Å². The Morgan fingerprint density at radius 1 is 1.43 bits per heavy atom. The normalized spacial score (nSPS) is 11.7. The Bertz CT molecular complexity index is 696. The molecule has 0 amide bonds. The Morgan fingerprint density at radius 2 is 2.10 bits per heavy atom. The van der Waals surface area contributed by atoms with Gasteiger partial charge in [-0.3, -0.25) is 10.1 Å². The van der Waals surface area contributed by atoms with Crippen LogP contribution in [0.2, 0.25) is 0 Å². The maximum absolute atomic E-state index is 13.1. The molecule has 21 heavy (non-hydrogen) atoms. The molecule has 2 N–H and O–H groups in total. The summed E-state index contributed by atoms with van der Waals surface area (Å²) in [4.78, 5) is 10.1. The zero-order chi connectivity index (χ0) is 15.8. The monoisotopic (exact) mass is 301 g/mol. The van der Waals surface area contributed by atoms with Gasteiger partial charge in [-0.15, -0.1) is 5.10 Å². The minimum absolute atomic E-state index is 0.0660. The molecule has 0 aliphatic rings. The Balaban J connectivity index is 2.70. The van der Waals surface area contributed by atoms with E-state index in [9.17, 15) is 23.3 Å². The van der Waals surface area contributed by atoms with Crippen LogP contribution in [0.15, 0.2) is 18.2 Å². The molecule has 0 aliphatic carbocycles. The first kappa shape index (κ1) is 14.9. The first-order valence-corrected chi connectivity index (χ1v) is 5.73. The maximum Gasteiger partial charge on any atom is 0.435 e. The van der Waals surface area contributed by atoms with Crippen molar-refractivity contribution in [2.24, 2.45) is 5.73 Å². The summed E-state index contributed by atoms with van der Waals surface area (Å²) in [6, 6.07) is 3.56. The molecule has 1 heterocycles. The van der Waals surface area contributed by atoms with E-state index < -0.39 is 29.0 Å². The molecule has 0 saturated carbocycles. The minimum Gasteiger partial charge on any atom is -0.325 e. The van der Waals surface area contributed by atoms with Gasteiger partial charge in [0.05, 0.1) is 10.6 Å². The predicted octanol–water partition coefficient (Wildman–Crippen LogP) is 1.96. The van der Waals surface area contributed by atoms with Crippen molar-refractivity contribution in [1.82, 2.24) is 15.0 Å². The number of nitro groups is 1. The van der Waals surface area contributed by atoms with Crippen LogP contribution in [0.4, 0.5) is 18.9 Å². The number of hydrogen-bond donors (Lipinski definition) is 1. The number of nitro benzene ring substituents is 1. The molecule has 10 heteroatoms. The fourth-order valence-corrected chi connectivity index (χ4v) is 1.84. The number of nitrogens with zero attached hydrogens (tertiary/aromatic N) is 4. The summed E-state index contributed by atoms with van der Waals surface area (Å²) in [5.74, 6) is 0. The lowest BCUT2D eigenvalue weighted by Crippen LogP contribution is -2.17. The highest BCUT2D eigenvalue weighted by molar-refractivity contribution is 5.49. The highest BCUT2D eigenvalue weighted by Gasteiger charge is 2.39. The third kappa shape index (κ3) is 2.70. The second kappa shape index (κ2) is 5.13. The van der Waals surface area contributed by atoms with Gasteiger partial charge in [0.1, 0.15) is 5.69 Å². The maximum atomic E-state index is 13.1. The van der Waals surface area contributed by atoms with E-state index >= 15 is 0 Å². The van der Waals surface area contributed by atoms with Gasteiger partial charge in [-0.25, -0.2) is 4.68 Å². The van der Waals surface area contributed by atoms with E-state index in [2.05, 4.69) is 10.3 Å². The number of nitrogens with two attached hydrogens (primary N) is 1. The van der Waals surface area contributed by atoms with Gasteiger partial charge in [-0.2, -0.15) is 13.2 Å². The minimum atomic E-state index is -4.73. The van der Waals surface area contributed by atoms with E-state index in [1.807, 2.05) is 0 Å². The number of aryl methyl sites for hydroxylation is 1. The third-order valence-electron chi connectivity index (χ3n) is 2.83. The fraction of sp³-hybridized carbons (Fsp3) is 0.273. The summed E-state index contributed by atoms with van der Waals surface area (Å²) in [7, 11) is 0. The lowest BCUT2D eigenvalue weighted by Gasteiger charge is -2.12. The smallest absolute Gasteiger partial charge is 0.325 e. The summed E-state index contributed by atoms with van der Waals surface area (Å²) in [6.45, 7) is 1.08. The number of non-ortho nitro benzene ring substituents is 1. The van der Waals surface area contributed by atoms with Crippen molar-refractivity contribution in [2.45, 2.75) is 19.6 Å². The van der Waals surface area contributed by atoms with Gasteiger partial charge >= 0.3 is 6.18 Å². The molecule has 0 saturated heterocycles. The standard InChI is InChI=1S/C11H10F3N5O2/c1-6-2-3-7(19(20)21)4-9(6)18-10(11(12,13)14)8(5-15)16-17-18/h2-4H,5,15H2,1H3. The molecule has 0 bridgehead atoms. The number of rotatable bonds is 3. The number of hydrogen-bond acceptors (Lipinski definition) is 5. The lowest BCUT2D eigenvalue weighted by molar-refractivity contribution is -0.384. The van der Waals surface area contributed by atoms with Gasteiger partial charge in [0, 0.05) is 18.7 Å². The summed E-state index contributed by atoms with van der Waals surface area (Å²) in [5.41, 5.74) is 3.66. The molecule has 2 rings (SSSR count). The second-order valence-electron chi connectivity index (χ2n) is 4.23. The van der Waals surface area contributed by atoms with Crippen LogP contribution in [-0.2, 0) is 12.7 Å². The summed E-state index contributed by atoms with van der Waals surface area (Å²) in [5, 5.41) is 17.6. The van der Waals surface area contributed by atoms with Crippen molar-refractivity contribution in [1.29, 1.82) is 0 Å². The Kier molecular flexibility index (Phi) is 3.64. The molecule has 0 fully saturated rings. The molecule has 0 atom stereocenters. The lowest BCUT2D eigenvalue weighted by atomic mass is 10.1. The first-order chi connectivity index (χ1) is 9.75. The number of aromatic nitrogens is 3. The van der Waals surface area contributed by atoms with E-state index in [1.54, 1.807) is 0 Å². The first-order valence-electron chi connectivity index (χ1n) is 5.73. The van der Waals surface area contributed by atoms with Gasteiger partial charge < -0.3 is 5.73 Å². The molecule has 0 unspecified atom stereocenters. The second-order valence-corrected chi connectivity index (χ2v) is 4.23. The molecule has 0 aliphatic heterocycles. The topological polar surface area (TPSA) is 99.9 Å². The molecule has 0 radical (unpaired) electrons. The number of benzene rings is 1. The largest absolute Gasteiger partial charge is 0.435 e. The Labute approximate surface area is 116 Å². The highest BCUT2D eigenvalue weighted by atomic mass is 19.4. The number of halogens is 3. The SMILES string of the molecule is Cc1ccc([N+](=O)[O-])cc1-n1nnc(CN)c1C(F)(F)F. The third-order valence-corrected chi connectivity index (χ3v) is 2.83. The molecule has 1 aromatic carbocycles. The summed E-state index contributed by atoms with van der Waals surface area (Å²) >= 11 is 0. The summed E-state index contributed by atoms with van der Waals surface area (Å²) in [6.07, 6.45) is -4.73. The Morgan fingerprint density at radius 3 is 2.62 bits per heavy atom. The van der Waals surface area contributed by atoms with Crippen molar-refractivity contribution in [3.63, 3.8) is 0 Å². The molecule has 1 aromatic heterocycles. The van der Waals surface area contributed by atoms with Crippen molar-refractivity contribution in [2.75, 3.05) is 0 Å². The van der Waals surface area contributed by atoms with E-state index in [0.717, 1.165) is 6.07 Å². The van der Waals surface area contributed by atoms with Crippen LogP contribution < -0.4 is 5.73 Å². The van der Waals surface area contributed by atoms with Crippen molar-refractivity contribution < 1.29 is 18.1 Å². The van der Waals surface area contributed by atoms with Gasteiger partial charge in [-0.05, 0) is 12.5 Å². The zero-order valence-electron chi connectivity index (χ0n) is 10.8. The molecule has 2 aromatic rings. The van der Waals surface area contributed by atoms with Crippen LogP contribution in [0.25, 0.3) is 5.69 Å². The van der Waals surface area contributed by atoms with Crippen molar-refractivity contribution in [3.05, 3.63) is 45.3 Å². The Hall–Kier alpha value is -2.49.